The van der Waals surface area contributed by atoms with Gasteiger partial charge < -0.3 is 19.6 Å². The summed E-state index contributed by atoms with van der Waals surface area (Å²) < 4.78 is 9.97. The molecule has 0 fully saturated rings. The summed E-state index contributed by atoms with van der Waals surface area (Å²) >= 11 is 0. The molecule has 1 heterocycles. The fourth-order valence-electron chi connectivity index (χ4n) is 1.86. The largest absolute Gasteiger partial charge is 0.497 e. The smallest absolute Gasteiger partial charge is 0.264 e. The van der Waals surface area contributed by atoms with E-state index in [0.717, 1.165) is 17.0 Å². The van der Waals surface area contributed by atoms with Gasteiger partial charge in [0.05, 0.1) is 19.4 Å². The van der Waals surface area contributed by atoms with Crippen LogP contribution in [0.2, 0.25) is 0 Å². The summed E-state index contributed by atoms with van der Waals surface area (Å²) in [5.41, 5.74) is 1.69. The number of hydrogen-bond acceptors (Lipinski definition) is 5. The Morgan fingerprint density at radius 3 is 2.80 bits per heavy atom. The standard InChI is InChI=1S/C14H18N2O4/c1-18-8-7-15-14(17)13-9-12(16-20-13)10-3-5-11(19-2)6-4-10/h3-6,13H,7-9H2,1-2H3,(H,15,17). The van der Waals surface area contributed by atoms with Crippen LogP contribution in [0.3, 0.4) is 0 Å². The van der Waals surface area contributed by atoms with Crippen molar-refractivity contribution in [2.75, 3.05) is 27.4 Å². The Morgan fingerprint density at radius 2 is 2.15 bits per heavy atom. The summed E-state index contributed by atoms with van der Waals surface area (Å²) in [6.07, 6.45) is -0.102. The van der Waals surface area contributed by atoms with Crippen LogP contribution in [0, 0.1) is 0 Å². The Morgan fingerprint density at radius 1 is 1.40 bits per heavy atom. The Hall–Kier alpha value is -2.08. The third kappa shape index (κ3) is 3.48. The highest BCUT2D eigenvalue weighted by Crippen LogP contribution is 2.19. The number of nitrogens with zero attached hydrogens (tertiary/aromatic N) is 1. The lowest BCUT2D eigenvalue weighted by Crippen LogP contribution is -2.36. The van der Waals surface area contributed by atoms with Crippen LogP contribution in [0.25, 0.3) is 0 Å². The second kappa shape index (κ2) is 6.91. The maximum Gasteiger partial charge on any atom is 0.264 e. The van der Waals surface area contributed by atoms with Crippen molar-refractivity contribution in [2.45, 2.75) is 12.5 Å². The first-order valence-electron chi connectivity index (χ1n) is 6.38. The molecule has 1 aliphatic heterocycles. The number of amides is 1. The normalized spacial score (nSPS) is 17.3. The van der Waals surface area contributed by atoms with Gasteiger partial charge in [-0.05, 0) is 29.8 Å². The molecular formula is C14H18N2O4. The molecule has 108 valence electrons. The summed E-state index contributed by atoms with van der Waals surface area (Å²) in [7, 11) is 3.20. The first-order chi connectivity index (χ1) is 9.74. The lowest BCUT2D eigenvalue weighted by Gasteiger charge is -2.08. The highest BCUT2D eigenvalue weighted by molar-refractivity contribution is 6.04. The molecule has 0 bridgehead atoms. The van der Waals surface area contributed by atoms with E-state index in [1.54, 1.807) is 14.2 Å². The van der Waals surface area contributed by atoms with Crippen molar-refractivity contribution in [3.05, 3.63) is 29.8 Å². The van der Waals surface area contributed by atoms with Gasteiger partial charge in [-0.15, -0.1) is 0 Å². The van der Waals surface area contributed by atoms with Gasteiger partial charge in [0, 0.05) is 20.1 Å². The number of carbonyl (C=O) groups excluding carboxylic acids is 1. The molecule has 2 rings (SSSR count). The van der Waals surface area contributed by atoms with E-state index >= 15 is 0 Å². The Kier molecular flexibility index (Phi) is 4.95. The van der Waals surface area contributed by atoms with Gasteiger partial charge in [0.2, 0.25) is 6.10 Å². The van der Waals surface area contributed by atoms with Crippen LogP contribution < -0.4 is 10.1 Å². The number of oxime groups is 1. The fourth-order valence-corrected chi connectivity index (χ4v) is 1.86. The summed E-state index contributed by atoms with van der Waals surface area (Å²) in [5, 5.41) is 6.71. The molecule has 6 heteroatoms. The molecule has 1 N–H and O–H groups in total. The summed E-state index contributed by atoms with van der Waals surface area (Å²) in [5.74, 6) is 0.608. The molecule has 1 aromatic rings. The number of carbonyl (C=O) groups is 1. The highest BCUT2D eigenvalue weighted by Gasteiger charge is 2.28. The number of nitrogens with one attached hydrogen (secondary N) is 1. The zero-order valence-electron chi connectivity index (χ0n) is 11.6. The van der Waals surface area contributed by atoms with Gasteiger partial charge in [0.25, 0.3) is 5.91 Å². The van der Waals surface area contributed by atoms with Crippen molar-refractivity contribution in [3.63, 3.8) is 0 Å². The van der Waals surface area contributed by atoms with E-state index in [-0.39, 0.29) is 5.91 Å². The quantitative estimate of drug-likeness (QED) is 0.787. The molecule has 0 spiro atoms. The molecule has 0 saturated carbocycles. The Labute approximate surface area is 117 Å². The summed E-state index contributed by atoms with van der Waals surface area (Å²) in [6.45, 7) is 0.942. The van der Waals surface area contributed by atoms with Crippen LogP contribution in [0.4, 0.5) is 0 Å². The third-order valence-electron chi connectivity index (χ3n) is 2.99. The molecule has 6 nitrogen and oxygen atoms in total. The van der Waals surface area contributed by atoms with E-state index in [0.29, 0.717) is 19.6 Å². The first-order valence-corrected chi connectivity index (χ1v) is 6.38. The van der Waals surface area contributed by atoms with E-state index in [1.165, 1.54) is 0 Å². The molecule has 0 aromatic heterocycles. The van der Waals surface area contributed by atoms with E-state index in [2.05, 4.69) is 10.5 Å². The monoisotopic (exact) mass is 278 g/mol. The van der Waals surface area contributed by atoms with Crippen LogP contribution in [0.15, 0.2) is 29.4 Å². The van der Waals surface area contributed by atoms with Crippen LogP contribution in [-0.2, 0) is 14.4 Å². The maximum absolute atomic E-state index is 11.8. The topological polar surface area (TPSA) is 69.2 Å². The zero-order valence-corrected chi connectivity index (χ0v) is 11.6. The van der Waals surface area contributed by atoms with Gasteiger partial charge in [-0.1, -0.05) is 5.16 Å². The molecule has 0 saturated heterocycles. The first kappa shape index (κ1) is 14.3. The number of benzene rings is 1. The SMILES string of the molecule is COCCNC(=O)C1CC(c2ccc(OC)cc2)=NO1. The molecule has 1 unspecified atom stereocenters. The van der Waals surface area contributed by atoms with E-state index < -0.39 is 6.10 Å². The predicted octanol–water partition coefficient (Wildman–Crippen LogP) is 0.951. The van der Waals surface area contributed by atoms with Crippen molar-refractivity contribution >= 4 is 11.6 Å². The van der Waals surface area contributed by atoms with Crippen LogP contribution in [0.1, 0.15) is 12.0 Å². The Bertz CT molecular complexity index is 484. The molecule has 0 radical (unpaired) electrons. The molecule has 20 heavy (non-hydrogen) atoms. The number of ether oxygens (including phenoxy) is 2. The van der Waals surface area contributed by atoms with E-state index in [9.17, 15) is 4.79 Å². The predicted molar refractivity (Wildman–Crippen MR) is 73.9 cm³/mol. The maximum atomic E-state index is 11.8. The molecule has 0 aliphatic carbocycles. The average molecular weight is 278 g/mol. The second-order valence-electron chi connectivity index (χ2n) is 4.35. The van der Waals surface area contributed by atoms with Crippen LogP contribution >= 0.6 is 0 Å². The molecule has 1 aromatic carbocycles. The molecule has 1 atom stereocenters. The van der Waals surface area contributed by atoms with Crippen LogP contribution in [0.5, 0.6) is 5.75 Å². The minimum Gasteiger partial charge on any atom is -0.497 e. The Balaban J connectivity index is 1.88. The summed E-state index contributed by atoms with van der Waals surface area (Å²) in [4.78, 5) is 17.0. The van der Waals surface area contributed by atoms with Crippen molar-refractivity contribution in [3.8, 4) is 5.75 Å². The van der Waals surface area contributed by atoms with Crippen LogP contribution in [-0.4, -0.2) is 45.1 Å². The van der Waals surface area contributed by atoms with Gasteiger partial charge >= 0.3 is 0 Å². The molecule has 1 amide bonds. The number of hydrogen-bond donors (Lipinski definition) is 1. The van der Waals surface area contributed by atoms with Gasteiger partial charge in [0.15, 0.2) is 0 Å². The highest BCUT2D eigenvalue weighted by atomic mass is 16.6. The third-order valence-corrected chi connectivity index (χ3v) is 2.99. The van der Waals surface area contributed by atoms with Crippen molar-refractivity contribution < 1.29 is 19.1 Å². The average Bonchev–Trinajstić information content (AvgIpc) is 2.97. The molecule has 1 aliphatic rings. The van der Waals surface area contributed by atoms with Gasteiger partial charge in [-0.2, -0.15) is 0 Å². The minimum atomic E-state index is -0.566. The van der Waals surface area contributed by atoms with E-state index in [1.807, 2.05) is 24.3 Å². The van der Waals surface area contributed by atoms with Crippen molar-refractivity contribution in [1.29, 1.82) is 0 Å². The number of rotatable bonds is 6. The lowest BCUT2D eigenvalue weighted by molar-refractivity contribution is -0.131. The zero-order chi connectivity index (χ0) is 14.4. The van der Waals surface area contributed by atoms with Gasteiger partial charge in [0.1, 0.15) is 5.75 Å². The van der Waals surface area contributed by atoms with Crippen molar-refractivity contribution in [1.82, 2.24) is 5.32 Å². The summed E-state index contributed by atoms with van der Waals surface area (Å²) in [6, 6.07) is 7.49. The minimum absolute atomic E-state index is 0.172. The van der Waals surface area contributed by atoms with Gasteiger partial charge in [-0.25, -0.2) is 0 Å². The fraction of sp³-hybridized carbons (Fsp3) is 0.429. The second-order valence-corrected chi connectivity index (χ2v) is 4.35. The van der Waals surface area contributed by atoms with Gasteiger partial charge in [-0.3, -0.25) is 4.79 Å². The van der Waals surface area contributed by atoms with E-state index in [4.69, 9.17) is 14.3 Å². The van der Waals surface area contributed by atoms with Crippen molar-refractivity contribution in [2.24, 2.45) is 5.16 Å². The lowest BCUT2D eigenvalue weighted by atomic mass is 10.0. The number of methoxy groups -OCH3 is 2. The molecular weight excluding hydrogens is 260 g/mol.